The van der Waals surface area contributed by atoms with Gasteiger partial charge in [-0.3, -0.25) is 4.79 Å². The number of carbonyl (C=O) groups excluding carboxylic acids is 1. The minimum absolute atomic E-state index is 0.0494. The summed E-state index contributed by atoms with van der Waals surface area (Å²) in [6, 6.07) is 7.26. The van der Waals surface area contributed by atoms with Gasteiger partial charge in [-0.05, 0) is 43.4 Å². The molecule has 1 unspecified atom stereocenters. The van der Waals surface area contributed by atoms with Gasteiger partial charge in [-0.1, -0.05) is 13.0 Å². The van der Waals surface area contributed by atoms with E-state index in [9.17, 15) is 9.90 Å². The third-order valence-electron chi connectivity index (χ3n) is 4.11. The van der Waals surface area contributed by atoms with Crippen molar-refractivity contribution in [3.05, 3.63) is 29.8 Å². The van der Waals surface area contributed by atoms with Gasteiger partial charge in [0.15, 0.2) is 0 Å². The molecule has 110 valence electrons. The minimum Gasteiger partial charge on any atom is -0.497 e. The Balaban J connectivity index is 1.97. The van der Waals surface area contributed by atoms with Gasteiger partial charge < -0.3 is 14.7 Å². The van der Waals surface area contributed by atoms with Crippen LogP contribution < -0.4 is 4.74 Å². The van der Waals surface area contributed by atoms with Crippen molar-refractivity contribution >= 4 is 5.91 Å². The second-order valence-electron chi connectivity index (χ2n) is 5.34. The number of piperidine rings is 1. The van der Waals surface area contributed by atoms with Gasteiger partial charge in [-0.15, -0.1) is 0 Å². The first-order valence-corrected chi connectivity index (χ1v) is 7.27. The highest BCUT2D eigenvalue weighted by Crippen LogP contribution is 2.24. The van der Waals surface area contributed by atoms with Crippen molar-refractivity contribution in [3.63, 3.8) is 0 Å². The van der Waals surface area contributed by atoms with E-state index >= 15 is 0 Å². The lowest BCUT2D eigenvalue weighted by atomic mass is 9.90. The summed E-state index contributed by atoms with van der Waals surface area (Å²) in [7, 11) is 1.60. The van der Waals surface area contributed by atoms with E-state index in [0.717, 1.165) is 32.4 Å². The molecule has 1 aromatic rings. The van der Waals surface area contributed by atoms with E-state index in [1.807, 2.05) is 30.0 Å². The molecule has 1 aliphatic rings. The molecule has 0 spiro atoms. The zero-order valence-corrected chi connectivity index (χ0v) is 12.2. The second kappa shape index (κ2) is 6.75. The number of aliphatic hydroxyl groups is 1. The fourth-order valence-corrected chi connectivity index (χ4v) is 2.76. The van der Waals surface area contributed by atoms with E-state index in [2.05, 4.69) is 0 Å². The normalized spacial score (nSPS) is 17.9. The standard InChI is InChI=1S/C16H23NO3/c1-3-15(18)12-7-9-17(10-8-12)16(19)13-5-4-6-14(11-13)20-2/h4-6,11-12,15,18H,3,7-10H2,1-2H3. The number of ether oxygens (including phenoxy) is 1. The molecular formula is C16H23NO3. The Labute approximate surface area is 120 Å². The van der Waals surface area contributed by atoms with E-state index in [1.54, 1.807) is 13.2 Å². The Morgan fingerprint density at radius 2 is 2.15 bits per heavy atom. The number of benzene rings is 1. The minimum atomic E-state index is -0.232. The third kappa shape index (κ3) is 3.31. The van der Waals surface area contributed by atoms with Crippen molar-refractivity contribution in [1.82, 2.24) is 4.90 Å². The average Bonchev–Trinajstić information content (AvgIpc) is 2.53. The average molecular weight is 277 g/mol. The van der Waals surface area contributed by atoms with E-state index < -0.39 is 0 Å². The molecule has 1 amide bonds. The zero-order valence-electron chi connectivity index (χ0n) is 12.2. The summed E-state index contributed by atoms with van der Waals surface area (Å²) in [6.07, 6.45) is 2.31. The number of hydrogen-bond donors (Lipinski definition) is 1. The number of rotatable bonds is 4. The van der Waals surface area contributed by atoms with E-state index in [-0.39, 0.29) is 12.0 Å². The fraction of sp³-hybridized carbons (Fsp3) is 0.562. The van der Waals surface area contributed by atoms with Crippen LogP contribution in [0.1, 0.15) is 36.5 Å². The van der Waals surface area contributed by atoms with Crippen LogP contribution in [0.15, 0.2) is 24.3 Å². The van der Waals surface area contributed by atoms with Crippen molar-refractivity contribution in [2.24, 2.45) is 5.92 Å². The van der Waals surface area contributed by atoms with Crippen LogP contribution in [0.3, 0.4) is 0 Å². The van der Waals surface area contributed by atoms with Gasteiger partial charge in [-0.2, -0.15) is 0 Å². The smallest absolute Gasteiger partial charge is 0.253 e. The zero-order chi connectivity index (χ0) is 14.5. The first kappa shape index (κ1) is 14.9. The fourth-order valence-electron chi connectivity index (χ4n) is 2.76. The molecule has 4 heteroatoms. The number of nitrogens with zero attached hydrogens (tertiary/aromatic N) is 1. The Morgan fingerprint density at radius 3 is 2.75 bits per heavy atom. The summed E-state index contributed by atoms with van der Waals surface area (Å²) in [5.41, 5.74) is 0.666. The molecule has 4 nitrogen and oxygen atoms in total. The largest absolute Gasteiger partial charge is 0.497 e. The summed E-state index contributed by atoms with van der Waals surface area (Å²) in [5.74, 6) is 1.08. The van der Waals surface area contributed by atoms with Gasteiger partial charge >= 0.3 is 0 Å². The maximum Gasteiger partial charge on any atom is 0.253 e. The van der Waals surface area contributed by atoms with Crippen molar-refractivity contribution < 1.29 is 14.6 Å². The van der Waals surface area contributed by atoms with Crippen LogP contribution in [0.5, 0.6) is 5.75 Å². The highest BCUT2D eigenvalue weighted by atomic mass is 16.5. The van der Waals surface area contributed by atoms with Crippen LogP contribution in [0.4, 0.5) is 0 Å². The summed E-state index contributed by atoms with van der Waals surface area (Å²) in [6.45, 7) is 3.44. The Morgan fingerprint density at radius 1 is 1.45 bits per heavy atom. The molecule has 2 rings (SSSR count). The van der Waals surface area contributed by atoms with Crippen molar-refractivity contribution in [1.29, 1.82) is 0 Å². The highest BCUT2D eigenvalue weighted by Gasteiger charge is 2.27. The summed E-state index contributed by atoms with van der Waals surface area (Å²) < 4.78 is 5.15. The lowest BCUT2D eigenvalue weighted by Crippen LogP contribution is -2.41. The molecule has 0 aliphatic carbocycles. The molecule has 1 atom stereocenters. The highest BCUT2D eigenvalue weighted by molar-refractivity contribution is 5.94. The number of methoxy groups -OCH3 is 1. The topological polar surface area (TPSA) is 49.8 Å². The van der Waals surface area contributed by atoms with Gasteiger partial charge in [0, 0.05) is 18.7 Å². The predicted octanol–water partition coefficient (Wildman–Crippen LogP) is 2.32. The molecule has 0 aromatic heterocycles. The first-order chi connectivity index (χ1) is 9.65. The van der Waals surface area contributed by atoms with E-state index in [1.165, 1.54) is 0 Å². The maximum absolute atomic E-state index is 12.4. The SMILES string of the molecule is CCC(O)C1CCN(C(=O)c2cccc(OC)c2)CC1. The van der Waals surface area contributed by atoms with Gasteiger partial charge in [-0.25, -0.2) is 0 Å². The molecule has 0 saturated carbocycles. The van der Waals surface area contributed by atoms with E-state index in [4.69, 9.17) is 4.74 Å². The molecule has 1 saturated heterocycles. The molecule has 0 bridgehead atoms. The van der Waals surface area contributed by atoms with E-state index in [0.29, 0.717) is 17.2 Å². The number of aliphatic hydroxyl groups excluding tert-OH is 1. The molecule has 20 heavy (non-hydrogen) atoms. The van der Waals surface area contributed by atoms with Crippen LogP contribution in [-0.2, 0) is 0 Å². The third-order valence-corrected chi connectivity index (χ3v) is 4.11. The molecule has 1 N–H and O–H groups in total. The first-order valence-electron chi connectivity index (χ1n) is 7.27. The van der Waals surface area contributed by atoms with Gasteiger partial charge in [0.05, 0.1) is 13.2 Å². The second-order valence-corrected chi connectivity index (χ2v) is 5.34. The maximum atomic E-state index is 12.4. The van der Waals surface area contributed by atoms with Gasteiger partial charge in [0.25, 0.3) is 5.91 Å². The molecule has 1 fully saturated rings. The molecule has 1 aliphatic heterocycles. The number of likely N-dealkylation sites (tertiary alicyclic amines) is 1. The lowest BCUT2D eigenvalue weighted by Gasteiger charge is -2.34. The summed E-state index contributed by atoms with van der Waals surface area (Å²) >= 11 is 0. The molecule has 1 aromatic carbocycles. The lowest BCUT2D eigenvalue weighted by molar-refractivity contribution is 0.0453. The van der Waals surface area contributed by atoms with Crippen molar-refractivity contribution in [3.8, 4) is 5.75 Å². The number of amides is 1. The Bertz CT molecular complexity index is 453. The van der Waals surface area contributed by atoms with Crippen LogP contribution in [-0.4, -0.2) is 42.2 Å². The van der Waals surface area contributed by atoms with Gasteiger partial charge in [0.2, 0.25) is 0 Å². The summed E-state index contributed by atoms with van der Waals surface area (Å²) in [4.78, 5) is 14.3. The predicted molar refractivity (Wildman–Crippen MR) is 77.9 cm³/mol. The van der Waals surface area contributed by atoms with Crippen molar-refractivity contribution in [2.75, 3.05) is 20.2 Å². The Hall–Kier alpha value is -1.55. The number of carbonyl (C=O) groups is 1. The van der Waals surface area contributed by atoms with Gasteiger partial charge in [0.1, 0.15) is 5.75 Å². The molecule has 1 heterocycles. The van der Waals surface area contributed by atoms with Crippen LogP contribution in [0.2, 0.25) is 0 Å². The summed E-state index contributed by atoms with van der Waals surface area (Å²) in [5, 5.41) is 9.87. The van der Waals surface area contributed by atoms with Crippen molar-refractivity contribution in [2.45, 2.75) is 32.3 Å². The number of hydrogen-bond acceptors (Lipinski definition) is 3. The van der Waals surface area contributed by atoms with Crippen LogP contribution in [0.25, 0.3) is 0 Å². The molecule has 0 radical (unpaired) electrons. The molecular weight excluding hydrogens is 254 g/mol. The van der Waals surface area contributed by atoms with Crippen LogP contribution in [0, 0.1) is 5.92 Å². The van der Waals surface area contributed by atoms with Crippen LogP contribution >= 0.6 is 0 Å². The monoisotopic (exact) mass is 277 g/mol. The quantitative estimate of drug-likeness (QED) is 0.919. The Kier molecular flexibility index (Phi) is 5.01.